The van der Waals surface area contributed by atoms with Crippen LogP contribution in [0.25, 0.3) is 0 Å². The molecule has 0 amide bonds. The van der Waals surface area contributed by atoms with Gasteiger partial charge in [0, 0.05) is 12.8 Å². The van der Waals surface area contributed by atoms with Gasteiger partial charge in [0.25, 0.3) is 0 Å². The van der Waals surface area contributed by atoms with Crippen LogP contribution < -0.4 is 0 Å². The monoisotopic (exact) mass is 137 g/mol. The zero-order valence-electron chi connectivity index (χ0n) is 6.35. The van der Waals surface area contributed by atoms with Crippen LogP contribution in [-0.2, 0) is 4.79 Å². The quantitative estimate of drug-likeness (QED) is 0.557. The minimum Gasteiger partial charge on any atom is -0.295 e. The lowest BCUT2D eigenvalue weighted by atomic mass is 10.2. The highest BCUT2D eigenvalue weighted by Gasteiger charge is 1.94. The molecule has 0 unspecified atom stereocenters. The highest BCUT2D eigenvalue weighted by Crippen LogP contribution is 1.95. The van der Waals surface area contributed by atoms with Crippen molar-refractivity contribution >= 4 is 5.78 Å². The van der Waals surface area contributed by atoms with Gasteiger partial charge < -0.3 is 0 Å². The highest BCUT2D eigenvalue weighted by molar-refractivity contribution is 5.90. The van der Waals surface area contributed by atoms with E-state index in [1.165, 1.54) is 0 Å². The third-order valence-corrected chi connectivity index (χ3v) is 0.933. The van der Waals surface area contributed by atoms with Crippen molar-refractivity contribution in [1.29, 1.82) is 5.26 Å². The van der Waals surface area contributed by atoms with Crippen LogP contribution in [0.2, 0.25) is 0 Å². The van der Waals surface area contributed by atoms with Crippen LogP contribution in [0.15, 0.2) is 11.6 Å². The van der Waals surface area contributed by atoms with Crippen molar-refractivity contribution in [3.63, 3.8) is 0 Å². The predicted molar refractivity (Wildman–Crippen MR) is 39.3 cm³/mol. The van der Waals surface area contributed by atoms with Gasteiger partial charge >= 0.3 is 0 Å². The molecular formula is C8H11NO. The first-order valence-electron chi connectivity index (χ1n) is 3.21. The third-order valence-electron chi connectivity index (χ3n) is 0.933. The summed E-state index contributed by atoms with van der Waals surface area (Å²) in [4.78, 5) is 10.8. The van der Waals surface area contributed by atoms with Crippen LogP contribution in [-0.4, -0.2) is 5.78 Å². The Bertz CT molecular complexity index is 182. The first-order valence-corrected chi connectivity index (χ1v) is 3.21. The number of rotatable bonds is 3. The molecule has 0 saturated heterocycles. The molecule has 0 heterocycles. The number of hydrogen-bond donors (Lipinski definition) is 0. The van der Waals surface area contributed by atoms with Crippen LogP contribution in [0, 0.1) is 11.3 Å². The van der Waals surface area contributed by atoms with E-state index in [0.29, 0.717) is 12.8 Å². The molecule has 0 aliphatic heterocycles. The zero-order valence-corrected chi connectivity index (χ0v) is 6.35. The van der Waals surface area contributed by atoms with Gasteiger partial charge in [-0.2, -0.15) is 5.26 Å². The highest BCUT2D eigenvalue weighted by atomic mass is 16.1. The summed E-state index contributed by atoms with van der Waals surface area (Å²) in [5, 5.41) is 8.13. The molecule has 0 atom stereocenters. The van der Waals surface area contributed by atoms with Gasteiger partial charge in [-0.1, -0.05) is 5.57 Å². The number of ketones is 1. The number of nitrogens with zero attached hydrogens (tertiary/aromatic N) is 1. The Morgan fingerprint density at radius 2 is 2.20 bits per heavy atom. The van der Waals surface area contributed by atoms with Gasteiger partial charge in [0.2, 0.25) is 0 Å². The lowest BCUT2D eigenvalue weighted by molar-refractivity contribution is -0.114. The fourth-order valence-corrected chi connectivity index (χ4v) is 0.573. The molecule has 0 spiro atoms. The number of carbonyl (C=O) groups is 1. The SMILES string of the molecule is CC(C)=CC(=O)CCC#N. The predicted octanol–water partition coefficient (Wildman–Crippen LogP) is 1.83. The summed E-state index contributed by atoms with van der Waals surface area (Å²) in [5.74, 6) is 0.0431. The smallest absolute Gasteiger partial charge is 0.156 e. The zero-order chi connectivity index (χ0) is 7.98. The first-order chi connectivity index (χ1) is 4.66. The van der Waals surface area contributed by atoms with E-state index in [1.807, 2.05) is 19.9 Å². The summed E-state index contributed by atoms with van der Waals surface area (Å²) in [6, 6.07) is 1.92. The Morgan fingerprint density at radius 3 is 2.60 bits per heavy atom. The molecular weight excluding hydrogens is 126 g/mol. The molecule has 54 valence electrons. The van der Waals surface area contributed by atoms with Crippen LogP contribution in [0.3, 0.4) is 0 Å². The lowest BCUT2D eigenvalue weighted by Crippen LogP contribution is -1.91. The number of allylic oxidation sites excluding steroid dienone is 2. The minimum atomic E-state index is 0.0431. The van der Waals surface area contributed by atoms with Crippen LogP contribution in [0.4, 0.5) is 0 Å². The topological polar surface area (TPSA) is 40.9 Å². The Labute approximate surface area is 61.2 Å². The van der Waals surface area contributed by atoms with Crippen molar-refractivity contribution in [1.82, 2.24) is 0 Å². The molecule has 0 fully saturated rings. The average molecular weight is 137 g/mol. The van der Waals surface area contributed by atoms with E-state index >= 15 is 0 Å². The van der Waals surface area contributed by atoms with Crippen molar-refractivity contribution in [3.8, 4) is 6.07 Å². The molecule has 2 heteroatoms. The summed E-state index contributed by atoms with van der Waals surface area (Å²) in [6.45, 7) is 3.73. The van der Waals surface area contributed by atoms with Crippen molar-refractivity contribution in [2.24, 2.45) is 0 Å². The van der Waals surface area contributed by atoms with Gasteiger partial charge in [-0.05, 0) is 19.9 Å². The standard InChI is InChI=1S/C8H11NO/c1-7(2)6-8(10)4-3-5-9/h6H,3-4H2,1-2H3. The maximum Gasteiger partial charge on any atom is 0.156 e. The van der Waals surface area contributed by atoms with E-state index in [9.17, 15) is 4.79 Å². The normalized spacial score (nSPS) is 8.10. The Kier molecular flexibility index (Phi) is 4.23. The second-order valence-corrected chi connectivity index (χ2v) is 2.35. The van der Waals surface area contributed by atoms with Gasteiger partial charge in [-0.15, -0.1) is 0 Å². The average Bonchev–Trinajstić information content (AvgIpc) is 1.82. The van der Waals surface area contributed by atoms with E-state index in [4.69, 9.17) is 5.26 Å². The summed E-state index contributed by atoms with van der Waals surface area (Å²) in [6.07, 6.45) is 2.24. The molecule has 0 aromatic carbocycles. The Hall–Kier alpha value is -1.10. The number of hydrogen-bond acceptors (Lipinski definition) is 2. The summed E-state index contributed by atoms with van der Waals surface area (Å²) < 4.78 is 0. The molecule has 0 radical (unpaired) electrons. The molecule has 10 heavy (non-hydrogen) atoms. The van der Waals surface area contributed by atoms with E-state index in [2.05, 4.69) is 0 Å². The molecule has 0 aromatic rings. The first kappa shape index (κ1) is 8.90. The number of nitriles is 1. The molecule has 0 N–H and O–H groups in total. The fourth-order valence-electron chi connectivity index (χ4n) is 0.573. The van der Waals surface area contributed by atoms with Crippen molar-refractivity contribution in [3.05, 3.63) is 11.6 Å². The summed E-state index contributed by atoms with van der Waals surface area (Å²) >= 11 is 0. The van der Waals surface area contributed by atoms with Crippen molar-refractivity contribution in [2.75, 3.05) is 0 Å². The van der Waals surface area contributed by atoms with Gasteiger partial charge in [-0.3, -0.25) is 4.79 Å². The van der Waals surface area contributed by atoms with Crippen molar-refractivity contribution < 1.29 is 4.79 Å². The lowest BCUT2D eigenvalue weighted by Gasteiger charge is -1.88. The molecule has 0 bridgehead atoms. The van der Waals surface area contributed by atoms with Crippen LogP contribution in [0.5, 0.6) is 0 Å². The molecule has 0 rings (SSSR count). The van der Waals surface area contributed by atoms with E-state index < -0.39 is 0 Å². The van der Waals surface area contributed by atoms with Crippen molar-refractivity contribution in [2.45, 2.75) is 26.7 Å². The maximum atomic E-state index is 10.8. The molecule has 0 aromatic heterocycles. The largest absolute Gasteiger partial charge is 0.295 e. The fraction of sp³-hybridized carbons (Fsp3) is 0.500. The van der Waals surface area contributed by atoms with Crippen LogP contribution >= 0.6 is 0 Å². The molecule has 0 aliphatic rings. The maximum absolute atomic E-state index is 10.8. The van der Waals surface area contributed by atoms with Crippen LogP contribution in [0.1, 0.15) is 26.7 Å². The second-order valence-electron chi connectivity index (χ2n) is 2.35. The minimum absolute atomic E-state index is 0.0431. The summed E-state index contributed by atoms with van der Waals surface area (Å²) in [5.41, 5.74) is 0.989. The molecule has 2 nitrogen and oxygen atoms in total. The van der Waals surface area contributed by atoms with E-state index in [-0.39, 0.29) is 5.78 Å². The Balaban J connectivity index is 3.68. The summed E-state index contributed by atoms with van der Waals surface area (Å²) in [7, 11) is 0. The second kappa shape index (κ2) is 4.75. The number of carbonyl (C=O) groups excluding carboxylic acids is 1. The van der Waals surface area contributed by atoms with Gasteiger partial charge in [0.05, 0.1) is 6.07 Å². The van der Waals surface area contributed by atoms with E-state index in [0.717, 1.165) is 5.57 Å². The van der Waals surface area contributed by atoms with Gasteiger partial charge in [0.15, 0.2) is 5.78 Å². The van der Waals surface area contributed by atoms with Gasteiger partial charge in [0.1, 0.15) is 0 Å². The third kappa shape index (κ3) is 5.04. The molecule has 0 saturated carbocycles. The Morgan fingerprint density at radius 1 is 1.60 bits per heavy atom. The van der Waals surface area contributed by atoms with Gasteiger partial charge in [-0.25, -0.2) is 0 Å². The van der Waals surface area contributed by atoms with E-state index in [1.54, 1.807) is 6.08 Å². The molecule has 0 aliphatic carbocycles.